The van der Waals surface area contributed by atoms with Gasteiger partial charge in [-0.2, -0.15) is 0 Å². The maximum absolute atomic E-state index is 10.9. The van der Waals surface area contributed by atoms with Gasteiger partial charge in [0.15, 0.2) is 0 Å². The Kier molecular flexibility index (Phi) is 6.20. The van der Waals surface area contributed by atoms with Gasteiger partial charge >= 0.3 is 5.97 Å². The summed E-state index contributed by atoms with van der Waals surface area (Å²) in [4.78, 5) is 21.6. The lowest BCUT2D eigenvalue weighted by molar-refractivity contribution is -0.151. The molecule has 0 fully saturated rings. The van der Waals surface area contributed by atoms with Crippen molar-refractivity contribution in [1.29, 1.82) is 0 Å². The fourth-order valence-electron chi connectivity index (χ4n) is 1.05. The van der Waals surface area contributed by atoms with E-state index in [9.17, 15) is 9.59 Å². The van der Waals surface area contributed by atoms with Gasteiger partial charge in [-0.25, -0.2) is 4.79 Å². The number of carbonyl (C=O) groups excluding carboxylic acids is 2. The summed E-state index contributed by atoms with van der Waals surface area (Å²) in [5.41, 5.74) is 0. The van der Waals surface area contributed by atoms with Crippen molar-refractivity contribution < 1.29 is 14.3 Å². The average molecular weight is 186 g/mol. The molecule has 3 nitrogen and oxygen atoms in total. The van der Waals surface area contributed by atoms with Crippen LogP contribution in [0.5, 0.6) is 0 Å². The predicted octanol–water partition coefficient (Wildman–Crippen LogP) is 1.94. The zero-order chi connectivity index (χ0) is 10.3. The van der Waals surface area contributed by atoms with Gasteiger partial charge in [0.05, 0.1) is 7.11 Å². The van der Waals surface area contributed by atoms with Crippen LogP contribution in [0.25, 0.3) is 0 Å². The molecule has 0 spiro atoms. The van der Waals surface area contributed by atoms with Gasteiger partial charge in [-0.15, -0.1) is 0 Å². The molecule has 0 heterocycles. The van der Waals surface area contributed by atoms with Crippen LogP contribution in [-0.2, 0) is 14.3 Å². The number of unbranched alkanes of at least 4 members (excludes halogenated alkanes) is 1. The summed E-state index contributed by atoms with van der Waals surface area (Å²) >= 11 is 0. The van der Waals surface area contributed by atoms with Crippen LogP contribution < -0.4 is 0 Å². The van der Waals surface area contributed by atoms with E-state index in [1.54, 1.807) is 0 Å². The van der Waals surface area contributed by atoms with E-state index in [2.05, 4.69) is 18.6 Å². The first-order valence-corrected chi connectivity index (χ1v) is 4.69. The minimum absolute atomic E-state index is 0.319. The lowest BCUT2D eigenvalue weighted by Crippen LogP contribution is -2.14. The molecule has 3 heteroatoms. The van der Waals surface area contributed by atoms with Crippen molar-refractivity contribution in [2.45, 2.75) is 39.5 Å². The van der Waals surface area contributed by atoms with E-state index in [1.807, 2.05) is 0 Å². The Morgan fingerprint density at radius 3 is 2.31 bits per heavy atom. The zero-order valence-corrected chi connectivity index (χ0v) is 8.63. The van der Waals surface area contributed by atoms with Crippen molar-refractivity contribution in [3.05, 3.63) is 0 Å². The Bertz CT molecular complexity index is 173. The molecular formula is C10H18O3. The highest BCUT2D eigenvalue weighted by Gasteiger charge is 2.12. The standard InChI is InChI=1S/C10H18O3/c1-8(2)6-4-5-7-9(11)10(12)13-3/h8H,4-7H2,1-3H3. The number of esters is 1. The summed E-state index contributed by atoms with van der Waals surface area (Å²) in [7, 11) is 1.23. The van der Waals surface area contributed by atoms with E-state index in [1.165, 1.54) is 7.11 Å². The van der Waals surface area contributed by atoms with Gasteiger partial charge in [0.25, 0.3) is 0 Å². The molecule has 0 unspecified atom stereocenters. The number of methoxy groups -OCH3 is 1. The van der Waals surface area contributed by atoms with Crippen LogP contribution in [0.3, 0.4) is 0 Å². The molecule has 0 aromatic heterocycles. The van der Waals surface area contributed by atoms with Crippen molar-refractivity contribution in [2.24, 2.45) is 5.92 Å². The SMILES string of the molecule is COC(=O)C(=O)CCCCC(C)C. The van der Waals surface area contributed by atoms with Gasteiger partial charge in [0.1, 0.15) is 0 Å². The molecule has 0 aromatic rings. The molecule has 0 aliphatic carbocycles. The smallest absolute Gasteiger partial charge is 0.374 e. The van der Waals surface area contributed by atoms with E-state index in [-0.39, 0.29) is 0 Å². The summed E-state index contributed by atoms with van der Waals surface area (Å²) in [6.07, 6.45) is 3.21. The van der Waals surface area contributed by atoms with Crippen molar-refractivity contribution in [3.63, 3.8) is 0 Å². The number of hydrogen-bond donors (Lipinski definition) is 0. The molecule has 0 saturated heterocycles. The van der Waals surface area contributed by atoms with Crippen LogP contribution in [0.15, 0.2) is 0 Å². The number of ether oxygens (including phenoxy) is 1. The van der Waals surface area contributed by atoms with Crippen LogP contribution in [-0.4, -0.2) is 18.9 Å². The van der Waals surface area contributed by atoms with Gasteiger partial charge in [0.2, 0.25) is 5.78 Å². The van der Waals surface area contributed by atoms with Crippen LogP contribution in [0.1, 0.15) is 39.5 Å². The maximum atomic E-state index is 10.9. The second-order valence-corrected chi connectivity index (χ2v) is 3.55. The number of rotatable bonds is 6. The van der Waals surface area contributed by atoms with E-state index >= 15 is 0 Å². The third-order valence-electron chi connectivity index (χ3n) is 1.85. The molecule has 0 amide bonds. The molecule has 76 valence electrons. The number of carbonyl (C=O) groups is 2. The summed E-state index contributed by atoms with van der Waals surface area (Å²) in [5.74, 6) is -0.468. The second kappa shape index (κ2) is 6.63. The normalized spacial score (nSPS) is 10.2. The molecular weight excluding hydrogens is 168 g/mol. The quantitative estimate of drug-likeness (QED) is 0.362. The third kappa shape index (κ3) is 6.31. The van der Waals surface area contributed by atoms with Gasteiger partial charge in [-0.1, -0.05) is 26.7 Å². The van der Waals surface area contributed by atoms with E-state index in [4.69, 9.17) is 0 Å². The highest BCUT2D eigenvalue weighted by molar-refractivity contribution is 6.33. The molecule has 0 rings (SSSR count). The van der Waals surface area contributed by atoms with Crippen molar-refractivity contribution >= 4 is 11.8 Å². The summed E-state index contributed by atoms with van der Waals surface area (Å²) in [6.45, 7) is 4.28. The van der Waals surface area contributed by atoms with Crippen LogP contribution >= 0.6 is 0 Å². The van der Waals surface area contributed by atoms with Crippen molar-refractivity contribution in [3.8, 4) is 0 Å². The van der Waals surface area contributed by atoms with Gasteiger partial charge in [-0.3, -0.25) is 4.79 Å². The Balaban J connectivity index is 3.43. The average Bonchev–Trinajstić information content (AvgIpc) is 2.10. The molecule has 0 aromatic carbocycles. The molecule has 13 heavy (non-hydrogen) atoms. The Hall–Kier alpha value is -0.860. The molecule has 0 atom stereocenters. The molecule has 0 saturated carbocycles. The zero-order valence-electron chi connectivity index (χ0n) is 8.63. The highest BCUT2D eigenvalue weighted by Crippen LogP contribution is 2.08. The summed E-state index contributed by atoms with van der Waals surface area (Å²) in [6, 6.07) is 0. The van der Waals surface area contributed by atoms with Gasteiger partial charge in [0, 0.05) is 6.42 Å². The maximum Gasteiger partial charge on any atom is 0.374 e. The highest BCUT2D eigenvalue weighted by atomic mass is 16.5. The molecule has 0 radical (unpaired) electrons. The summed E-state index contributed by atoms with van der Waals surface area (Å²) in [5, 5.41) is 0. The van der Waals surface area contributed by atoms with Crippen LogP contribution in [0.2, 0.25) is 0 Å². The molecule has 0 aliphatic heterocycles. The third-order valence-corrected chi connectivity index (χ3v) is 1.85. The monoisotopic (exact) mass is 186 g/mol. The molecule has 0 N–H and O–H groups in total. The van der Waals surface area contributed by atoms with E-state index < -0.39 is 11.8 Å². The number of Topliss-reactive ketones (excluding diaryl/α,β-unsaturated/α-hetero) is 1. The first kappa shape index (κ1) is 12.1. The Morgan fingerprint density at radius 1 is 1.23 bits per heavy atom. The number of ketones is 1. The Labute approximate surface area is 79.5 Å². The molecule has 0 bridgehead atoms. The first-order chi connectivity index (χ1) is 6.07. The van der Waals surface area contributed by atoms with Gasteiger partial charge in [-0.05, 0) is 12.3 Å². The fraction of sp³-hybridized carbons (Fsp3) is 0.800. The van der Waals surface area contributed by atoms with Crippen LogP contribution in [0, 0.1) is 5.92 Å². The molecule has 0 aliphatic rings. The van der Waals surface area contributed by atoms with Gasteiger partial charge < -0.3 is 4.74 Å². The van der Waals surface area contributed by atoms with E-state index in [0.717, 1.165) is 19.3 Å². The largest absolute Gasteiger partial charge is 0.463 e. The minimum Gasteiger partial charge on any atom is -0.463 e. The fourth-order valence-corrected chi connectivity index (χ4v) is 1.05. The first-order valence-electron chi connectivity index (χ1n) is 4.69. The van der Waals surface area contributed by atoms with E-state index in [0.29, 0.717) is 12.3 Å². The number of hydrogen-bond acceptors (Lipinski definition) is 3. The van der Waals surface area contributed by atoms with Crippen molar-refractivity contribution in [1.82, 2.24) is 0 Å². The predicted molar refractivity (Wildman–Crippen MR) is 50.3 cm³/mol. The lowest BCUT2D eigenvalue weighted by atomic mass is 10.0. The topological polar surface area (TPSA) is 43.4 Å². The Morgan fingerprint density at radius 2 is 1.85 bits per heavy atom. The second-order valence-electron chi connectivity index (χ2n) is 3.55. The van der Waals surface area contributed by atoms with Crippen LogP contribution in [0.4, 0.5) is 0 Å². The lowest BCUT2D eigenvalue weighted by Gasteiger charge is -2.02. The minimum atomic E-state index is -0.718. The van der Waals surface area contributed by atoms with Crippen molar-refractivity contribution in [2.75, 3.05) is 7.11 Å². The summed E-state index contributed by atoms with van der Waals surface area (Å²) < 4.78 is 4.30.